The molecule has 2 aromatic heterocycles. The first-order chi connectivity index (χ1) is 15.0. The van der Waals surface area contributed by atoms with Gasteiger partial charge in [-0.05, 0) is 56.4 Å². The van der Waals surface area contributed by atoms with Crippen molar-refractivity contribution in [2.24, 2.45) is 5.92 Å². The molecular weight excluding hydrogens is 471 g/mol. The van der Waals surface area contributed by atoms with Gasteiger partial charge in [-0.15, -0.1) is 0 Å². The van der Waals surface area contributed by atoms with Gasteiger partial charge in [-0.25, -0.2) is 4.98 Å². The van der Waals surface area contributed by atoms with Crippen LogP contribution in [0.2, 0.25) is 10.0 Å². The Bertz CT molecular complexity index is 1260. The molecule has 1 fully saturated rings. The van der Waals surface area contributed by atoms with E-state index in [-0.39, 0.29) is 0 Å². The Morgan fingerprint density at radius 1 is 1.22 bits per heavy atom. The minimum absolute atomic E-state index is 0.469. The summed E-state index contributed by atoms with van der Waals surface area (Å²) in [6.07, 6.45) is 4.52. The smallest absolute Gasteiger partial charge is 0.261 e. The maximum Gasteiger partial charge on any atom is 0.261 e. The highest BCUT2D eigenvalue weighted by atomic mass is 35.5. The largest absolute Gasteiger partial charge is 0.365 e. The van der Waals surface area contributed by atoms with Crippen molar-refractivity contribution in [2.45, 2.75) is 45.7 Å². The van der Waals surface area contributed by atoms with E-state index < -0.39 is 10.1 Å². The van der Waals surface area contributed by atoms with Gasteiger partial charge in [0, 0.05) is 28.9 Å². The van der Waals surface area contributed by atoms with E-state index in [2.05, 4.69) is 29.5 Å². The predicted molar refractivity (Wildman–Crippen MR) is 129 cm³/mol. The van der Waals surface area contributed by atoms with E-state index in [9.17, 15) is 8.42 Å². The van der Waals surface area contributed by atoms with Crippen LogP contribution in [0.15, 0.2) is 24.3 Å². The van der Waals surface area contributed by atoms with Crippen LogP contribution in [0, 0.1) is 12.8 Å². The Morgan fingerprint density at radius 3 is 2.50 bits per heavy atom. The van der Waals surface area contributed by atoms with Gasteiger partial charge in [0.15, 0.2) is 0 Å². The molecule has 3 aromatic rings. The maximum atomic E-state index is 9.19. The summed E-state index contributed by atoms with van der Waals surface area (Å²) in [6, 6.07) is 8.26. The van der Waals surface area contributed by atoms with Crippen LogP contribution in [0.25, 0.3) is 22.3 Å². The number of rotatable bonds is 4. The van der Waals surface area contributed by atoms with Gasteiger partial charge in [0.05, 0.1) is 23.5 Å². The Kier molecular flexibility index (Phi) is 6.42. The molecule has 1 saturated carbocycles. The number of nitrogens with zero attached hydrogens (tertiary/aromatic N) is 4. The van der Waals surface area contributed by atoms with E-state index >= 15 is 0 Å². The lowest BCUT2D eigenvalue weighted by molar-refractivity contribution is 0.453. The molecule has 172 valence electrons. The zero-order chi connectivity index (χ0) is 23.2. The summed E-state index contributed by atoms with van der Waals surface area (Å²) in [6.45, 7) is 6.36. The van der Waals surface area contributed by atoms with Gasteiger partial charge < -0.3 is 4.90 Å². The van der Waals surface area contributed by atoms with E-state index in [0.717, 1.165) is 53.4 Å². The first-order valence-corrected chi connectivity index (χ1v) is 13.2. The number of aryl methyl sites for hydroxylation is 1. The molecule has 1 atom stereocenters. The summed E-state index contributed by atoms with van der Waals surface area (Å²) < 4.78 is 28.0. The van der Waals surface area contributed by atoms with Crippen LogP contribution in [-0.2, 0) is 16.7 Å². The van der Waals surface area contributed by atoms with Crippen molar-refractivity contribution >= 4 is 50.0 Å². The Labute approximate surface area is 198 Å². The van der Waals surface area contributed by atoms with Gasteiger partial charge >= 0.3 is 0 Å². The number of halogens is 2. The molecule has 0 unspecified atom stereocenters. The fourth-order valence-corrected chi connectivity index (χ4v) is 4.67. The molecule has 1 aliphatic heterocycles. The molecular formula is C22H26Cl2N4O3S. The van der Waals surface area contributed by atoms with Gasteiger partial charge in [-0.1, -0.05) is 30.1 Å². The zero-order valence-corrected chi connectivity index (χ0v) is 20.5. The normalized spacial score (nSPS) is 17.9. The van der Waals surface area contributed by atoms with Crippen molar-refractivity contribution in [1.82, 2.24) is 14.8 Å². The molecule has 1 N–H and O–H groups in total. The number of pyridine rings is 1. The van der Waals surface area contributed by atoms with Crippen LogP contribution in [0.3, 0.4) is 0 Å². The van der Waals surface area contributed by atoms with Gasteiger partial charge in [0.1, 0.15) is 16.7 Å². The number of benzene rings is 1. The van der Waals surface area contributed by atoms with Crippen LogP contribution in [0.1, 0.15) is 31.9 Å². The molecule has 0 spiro atoms. The third kappa shape index (κ3) is 5.03. The summed E-state index contributed by atoms with van der Waals surface area (Å²) in [5, 5.41) is 6.19. The second kappa shape index (κ2) is 8.82. The molecule has 32 heavy (non-hydrogen) atoms. The summed E-state index contributed by atoms with van der Waals surface area (Å²) in [7, 11) is -3.67. The topological polar surface area (TPSA) is 88.3 Å². The quantitative estimate of drug-likeness (QED) is 0.497. The first kappa shape index (κ1) is 23.3. The highest BCUT2D eigenvalue weighted by Crippen LogP contribution is 2.42. The van der Waals surface area contributed by atoms with Crippen molar-refractivity contribution in [3.05, 3.63) is 40.0 Å². The average Bonchev–Trinajstić information content (AvgIpc) is 3.43. The SMILES string of the molecule is CC[C@H]1Cn2nc(-c3ccc(Cl)cc3Cl)c3nc(C)cc(c32)N1CC1CC1.CS(=O)(=O)O. The Morgan fingerprint density at radius 2 is 1.91 bits per heavy atom. The zero-order valence-electron chi connectivity index (χ0n) is 18.2. The third-order valence-corrected chi connectivity index (χ3v) is 6.29. The summed E-state index contributed by atoms with van der Waals surface area (Å²) in [4.78, 5) is 7.46. The molecule has 0 amide bonds. The van der Waals surface area contributed by atoms with Crippen molar-refractivity contribution in [3.63, 3.8) is 0 Å². The van der Waals surface area contributed by atoms with Crippen molar-refractivity contribution in [2.75, 3.05) is 17.7 Å². The Balaban J connectivity index is 0.000000444. The predicted octanol–water partition coefficient (Wildman–Crippen LogP) is 5.23. The maximum absolute atomic E-state index is 9.19. The van der Waals surface area contributed by atoms with Gasteiger partial charge in [-0.3, -0.25) is 9.23 Å². The number of hydrogen-bond donors (Lipinski definition) is 1. The number of aromatic nitrogens is 3. The number of anilines is 1. The second-order valence-corrected chi connectivity index (χ2v) is 10.8. The average molecular weight is 497 g/mol. The van der Waals surface area contributed by atoms with E-state index in [1.165, 1.54) is 18.5 Å². The highest BCUT2D eigenvalue weighted by Gasteiger charge is 2.34. The van der Waals surface area contributed by atoms with Crippen molar-refractivity contribution < 1.29 is 13.0 Å². The lowest BCUT2D eigenvalue weighted by Crippen LogP contribution is -2.42. The molecule has 0 bridgehead atoms. The fraction of sp³-hybridized carbons (Fsp3) is 0.455. The van der Waals surface area contributed by atoms with Gasteiger partial charge in [0.2, 0.25) is 0 Å². The van der Waals surface area contributed by atoms with Crippen LogP contribution < -0.4 is 4.90 Å². The van der Waals surface area contributed by atoms with Gasteiger partial charge in [0.25, 0.3) is 10.1 Å². The minimum Gasteiger partial charge on any atom is -0.365 e. The first-order valence-electron chi connectivity index (χ1n) is 10.6. The van der Waals surface area contributed by atoms with Crippen LogP contribution in [0.5, 0.6) is 0 Å². The highest BCUT2D eigenvalue weighted by molar-refractivity contribution is 7.85. The molecule has 3 heterocycles. The van der Waals surface area contributed by atoms with E-state index in [4.69, 9.17) is 37.8 Å². The monoisotopic (exact) mass is 496 g/mol. The van der Waals surface area contributed by atoms with E-state index in [1.54, 1.807) is 6.07 Å². The molecule has 1 aliphatic carbocycles. The summed E-state index contributed by atoms with van der Waals surface area (Å²) >= 11 is 12.6. The second-order valence-electron chi connectivity index (χ2n) is 8.53. The lowest BCUT2D eigenvalue weighted by Gasteiger charge is -2.37. The molecule has 2 aliphatic rings. The van der Waals surface area contributed by atoms with Crippen LogP contribution >= 0.6 is 23.2 Å². The lowest BCUT2D eigenvalue weighted by atomic mass is 10.1. The molecule has 0 saturated heterocycles. The molecule has 10 heteroatoms. The minimum atomic E-state index is -3.67. The molecule has 5 rings (SSSR count). The molecule has 7 nitrogen and oxygen atoms in total. The Hall–Kier alpha value is -1.87. The summed E-state index contributed by atoms with van der Waals surface area (Å²) in [5.41, 5.74) is 6.08. The van der Waals surface area contributed by atoms with E-state index in [0.29, 0.717) is 22.3 Å². The molecule has 1 aromatic carbocycles. The van der Waals surface area contributed by atoms with E-state index in [1.807, 2.05) is 12.1 Å². The van der Waals surface area contributed by atoms with Crippen LogP contribution in [0.4, 0.5) is 5.69 Å². The van der Waals surface area contributed by atoms with Crippen molar-refractivity contribution in [1.29, 1.82) is 0 Å². The molecule has 0 radical (unpaired) electrons. The standard InChI is InChI=1S/C21H22Cl2N4.CH4O3S/c1-3-15-11-27-21-18(26(15)10-13-4-5-13)8-12(2)24-20(21)19(25-27)16-7-6-14(22)9-17(16)23;1-5(2,3)4/h6-9,13,15H,3-5,10-11H2,1-2H3;1H3,(H,2,3,4)/t15-;/m0./s1. The summed E-state index contributed by atoms with van der Waals surface area (Å²) in [5.74, 6) is 0.835. The van der Waals surface area contributed by atoms with Gasteiger partial charge in [-0.2, -0.15) is 13.5 Å². The number of hydrogen-bond acceptors (Lipinski definition) is 5. The van der Waals surface area contributed by atoms with Crippen molar-refractivity contribution in [3.8, 4) is 11.3 Å². The van der Waals surface area contributed by atoms with Crippen LogP contribution in [-0.4, -0.2) is 46.6 Å². The fourth-order valence-electron chi connectivity index (χ4n) is 4.17. The third-order valence-electron chi connectivity index (χ3n) is 5.75.